The molecule has 0 unspecified atom stereocenters. The van der Waals surface area contributed by atoms with Gasteiger partial charge in [0.15, 0.2) is 5.54 Å². The molecule has 2 amide bonds. The van der Waals surface area contributed by atoms with Gasteiger partial charge in [-0.3, -0.25) is 14.6 Å². The van der Waals surface area contributed by atoms with E-state index in [9.17, 15) is 14.4 Å². The quantitative estimate of drug-likeness (QED) is 0.452. The summed E-state index contributed by atoms with van der Waals surface area (Å²) in [6.45, 7) is 0. The fourth-order valence-corrected chi connectivity index (χ4v) is 4.94. The highest BCUT2D eigenvalue weighted by atomic mass is 16.5. The predicted octanol–water partition coefficient (Wildman–Crippen LogP) is 3.45. The van der Waals surface area contributed by atoms with Gasteiger partial charge in [-0.25, -0.2) is 9.69 Å². The summed E-state index contributed by atoms with van der Waals surface area (Å²) in [5, 5.41) is 0. The molecular formula is C27H22N2O4. The lowest BCUT2D eigenvalue weighted by molar-refractivity contribution is -0.151. The van der Waals surface area contributed by atoms with Gasteiger partial charge in [0.05, 0.1) is 30.3 Å². The number of esters is 1. The van der Waals surface area contributed by atoms with Gasteiger partial charge in [0, 0.05) is 6.42 Å². The molecule has 3 atom stereocenters. The Bertz CT molecular complexity index is 1240. The number of ether oxygens (including phenoxy) is 1. The van der Waals surface area contributed by atoms with Crippen molar-refractivity contribution in [2.24, 2.45) is 16.8 Å². The van der Waals surface area contributed by atoms with Gasteiger partial charge in [0.1, 0.15) is 0 Å². The second kappa shape index (κ2) is 8.13. The van der Waals surface area contributed by atoms with Crippen molar-refractivity contribution in [2.75, 3.05) is 12.0 Å². The second-order valence-electron chi connectivity index (χ2n) is 8.24. The Balaban J connectivity index is 1.71. The van der Waals surface area contributed by atoms with Crippen molar-refractivity contribution in [3.8, 4) is 0 Å². The second-order valence-corrected chi connectivity index (χ2v) is 8.24. The Morgan fingerprint density at radius 3 is 2.06 bits per heavy atom. The molecule has 0 saturated carbocycles. The number of carbonyl (C=O) groups excluding carboxylic acids is 3. The molecule has 6 heteroatoms. The van der Waals surface area contributed by atoms with Crippen molar-refractivity contribution >= 4 is 29.2 Å². The van der Waals surface area contributed by atoms with Crippen LogP contribution in [0.2, 0.25) is 0 Å². The first-order valence-corrected chi connectivity index (χ1v) is 10.8. The number of carbonyl (C=O) groups is 3. The molecule has 0 bridgehead atoms. The van der Waals surface area contributed by atoms with E-state index in [4.69, 9.17) is 9.73 Å². The first-order valence-electron chi connectivity index (χ1n) is 10.8. The third-order valence-corrected chi connectivity index (χ3v) is 6.37. The molecule has 0 radical (unpaired) electrons. The molecule has 0 aliphatic carbocycles. The number of rotatable bonds is 5. The molecule has 0 spiro atoms. The van der Waals surface area contributed by atoms with Crippen molar-refractivity contribution in [1.82, 2.24) is 0 Å². The molecule has 164 valence electrons. The lowest BCUT2D eigenvalue weighted by Gasteiger charge is -2.29. The van der Waals surface area contributed by atoms with E-state index in [1.54, 1.807) is 24.3 Å². The Morgan fingerprint density at radius 2 is 1.45 bits per heavy atom. The normalized spacial score (nSPS) is 23.9. The van der Waals surface area contributed by atoms with E-state index in [-0.39, 0.29) is 12.3 Å². The molecule has 2 aliphatic heterocycles. The number of nitrogens with zero attached hydrogens (tertiary/aromatic N) is 2. The molecule has 1 saturated heterocycles. The minimum atomic E-state index is -1.54. The van der Waals surface area contributed by atoms with Crippen LogP contribution in [0.4, 0.5) is 5.69 Å². The minimum Gasteiger partial charge on any atom is -0.467 e. The summed E-state index contributed by atoms with van der Waals surface area (Å²) in [7, 11) is 1.29. The molecule has 3 aromatic rings. The van der Waals surface area contributed by atoms with Crippen molar-refractivity contribution in [2.45, 2.75) is 12.0 Å². The van der Waals surface area contributed by atoms with Crippen molar-refractivity contribution in [3.63, 3.8) is 0 Å². The van der Waals surface area contributed by atoms with Gasteiger partial charge >= 0.3 is 5.97 Å². The lowest BCUT2D eigenvalue weighted by Crippen LogP contribution is -2.49. The third-order valence-electron chi connectivity index (χ3n) is 6.37. The Kier molecular flexibility index (Phi) is 5.13. The summed E-state index contributed by atoms with van der Waals surface area (Å²) in [4.78, 5) is 46.9. The highest BCUT2D eigenvalue weighted by Crippen LogP contribution is 2.48. The molecule has 0 aromatic heterocycles. The number of aliphatic imine (C=N–C) groups is 1. The number of imide groups is 1. The predicted molar refractivity (Wildman–Crippen MR) is 124 cm³/mol. The standard InChI is InChI=1S/C27H22N2O4/c1-33-26(32)27(17-18-11-5-2-6-12-18)22-21(23(28-27)19-13-7-3-8-14-19)24(30)29(25(22)31)20-15-9-4-10-16-20/h2-16,21-22H,17H2,1H3/t21-,22-,27+/m0/s1. The molecule has 5 rings (SSSR count). The van der Waals surface area contributed by atoms with Crippen LogP contribution >= 0.6 is 0 Å². The number of benzene rings is 3. The molecule has 1 fully saturated rings. The monoisotopic (exact) mass is 438 g/mol. The largest absolute Gasteiger partial charge is 0.467 e. The Labute approximate surface area is 191 Å². The first-order chi connectivity index (χ1) is 16.1. The molecule has 6 nitrogen and oxygen atoms in total. The minimum absolute atomic E-state index is 0.152. The maximum atomic E-state index is 13.8. The van der Waals surface area contributed by atoms with Crippen LogP contribution in [0.1, 0.15) is 11.1 Å². The van der Waals surface area contributed by atoms with E-state index in [0.717, 1.165) is 5.56 Å². The van der Waals surface area contributed by atoms with Crippen molar-refractivity contribution < 1.29 is 19.1 Å². The molecule has 33 heavy (non-hydrogen) atoms. The van der Waals surface area contributed by atoms with Gasteiger partial charge in [0.25, 0.3) is 0 Å². The number of amides is 2. The SMILES string of the molecule is COC(=O)[C@]1(Cc2ccccc2)N=C(c2ccccc2)[C@H]2C(=O)N(c3ccccc3)C(=O)[C@H]21. The lowest BCUT2D eigenvalue weighted by atomic mass is 9.75. The maximum Gasteiger partial charge on any atom is 0.334 e. The van der Waals surface area contributed by atoms with Crippen LogP contribution in [0, 0.1) is 11.8 Å². The van der Waals surface area contributed by atoms with Gasteiger partial charge in [0.2, 0.25) is 11.8 Å². The Hall–Kier alpha value is -4.06. The van der Waals surface area contributed by atoms with Gasteiger partial charge in [-0.05, 0) is 23.3 Å². The third kappa shape index (κ3) is 3.26. The van der Waals surface area contributed by atoms with Crippen LogP contribution in [0.3, 0.4) is 0 Å². The molecular weight excluding hydrogens is 416 g/mol. The summed E-state index contributed by atoms with van der Waals surface area (Å²) in [5.41, 5.74) is 0.925. The smallest absolute Gasteiger partial charge is 0.334 e. The summed E-state index contributed by atoms with van der Waals surface area (Å²) >= 11 is 0. The number of methoxy groups -OCH3 is 1. The zero-order chi connectivity index (χ0) is 23.0. The van der Waals surface area contributed by atoms with Crippen molar-refractivity contribution in [3.05, 3.63) is 102 Å². The zero-order valence-electron chi connectivity index (χ0n) is 18.0. The van der Waals surface area contributed by atoms with Gasteiger partial charge in [-0.15, -0.1) is 0 Å². The summed E-state index contributed by atoms with van der Waals surface area (Å²) < 4.78 is 5.20. The number of fused-ring (bicyclic) bond motifs is 1. The zero-order valence-corrected chi connectivity index (χ0v) is 18.0. The van der Waals surface area contributed by atoms with Crippen LogP contribution in [0.15, 0.2) is 96.0 Å². The maximum absolute atomic E-state index is 13.8. The van der Waals surface area contributed by atoms with Crippen LogP contribution in [0.5, 0.6) is 0 Å². The highest BCUT2D eigenvalue weighted by Gasteiger charge is 2.67. The molecule has 2 heterocycles. The summed E-state index contributed by atoms with van der Waals surface area (Å²) in [6.07, 6.45) is 0.152. The van der Waals surface area contributed by atoms with E-state index in [1.807, 2.05) is 66.7 Å². The number of para-hydroxylation sites is 1. The average Bonchev–Trinajstić information content (AvgIpc) is 3.34. The first kappa shape index (κ1) is 20.8. The van der Waals surface area contributed by atoms with Crippen LogP contribution in [-0.4, -0.2) is 36.1 Å². The topological polar surface area (TPSA) is 76.0 Å². The highest BCUT2D eigenvalue weighted by molar-refractivity contribution is 6.33. The van der Waals surface area contributed by atoms with Crippen LogP contribution in [-0.2, 0) is 25.5 Å². The van der Waals surface area contributed by atoms with Crippen LogP contribution in [0.25, 0.3) is 0 Å². The van der Waals surface area contributed by atoms with Gasteiger partial charge in [-0.1, -0.05) is 78.9 Å². The van der Waals surface area contributed by atoms with Crippen LogP contribution < -0.4 is 4.90 Å². The van der Waals surface area contributed by atoms with E-state index >= 15 is 0 Å². The molecule has 0 N–H and O–H groups in total. The summed E-state index contributed by atoms with van der Waals surface area (Å²) in [5.74, 6) is -3.30. The fraction of sp³-hybridized carbons (Fsp3) is 0.185. The Morgan fingerprint density at radius 1 is 0.879 bits per heavy atom. The molecule has 3 aromatic carbocycles. The summed E-state index contributed by atoms with van der Waals surface area (Å²) in [6, 6.07) is 27.4. The van der Waals surface area contributed by atoms with E-state index in [2.05, 4.69) is 0 Å². The van der Waals surface area contributed by atoms with Gasteiger partial charge in [-0.2, -0.15) is 0 Å². The number of hydrogen-bond donors (Lipinski definition) is 0. The average molecular weight is 438 g/mol. The number of anilines is 1. The molecule has 2 aliphatic rings. The van der Waals surface area contributed by atoms with E-state index in [0.29, 0.717) is 17.0 Å². The van der Waals surface area contributed by atoms with E-state index < -0.39 is 29.3 Å². The van der Waals surface area contributed by atoms with Crippen molar-refractivity contribution in [1.29, 1.82) is 0 Å². The van der Waals surface area contributed by atoms with Gasteiger partial charge < -0.3 is 4.74 Å². The fourth-order valence-electron chi connectivity index (χ4n) is 4.94. The number of hydrogen-bond acceptors (Lipinski definition) is 5. The van der Waals surface area contributed by atoms with E-state index in [1.165, 1.54) is 12.0 Å².